The average molecular weight is 263 g/mol. The van der Waals surface area contributed by atoms with Crippen LogP contribution in [0.5, 0.6) is 0 Å². The van der Waals surface area contributed by atoms with Crippen LogP contribution in [-0.2, 0) is 19.4 Å². The largest absolute Gasteiger partial charge is 0.465 e. The first-order valence-electron chi connectivity index (χ1n) is 5.99. The summed E-state index contributed by atoms with van der Waals surface area (Å²) in [6.07, 6.45) is 0.574. The Bertz CT molecular complexity index is 364. The summed E-state index contributed by atoms with van der Waals surface area (Å²) in [6, 6.07) is -0.551. The van der Waals surface area contributed by atoms with Crippen LogP contribution in [0.1, 0.15) is 27.2 Å². The van der Waals surface area contributed by atoms with E-state index in [9.17, 15) is 13.2 Å². The number of ether oxygens (including phenoxy) is 1. The second kappa shape index (κ2) is 5.82. The van der Waals surface area contributed by atoms with Crippen LogP contribution < -0.4 is 5.32 Å². The van der Waals surface area contributed by atoms with Gasteiger partial charge in [-0.2, -0.15) is 0 Å². The first-order valence-corrected chi connectivity index (χ1v) is 7.81. The third-order valence-electron chi connectivity index (χ3n) is 2.85. The number of carbonyl (C=O) groups excluding carboxylic acids is 1. The lowest BCUT2D eigenvalue weighted by Crippen LogP contribution is -2.47. The predicted octanol–water partition coefficient (Wildman–Crippen LogP) is 0.351. The van der Waals surface area contributed by atoms with Gasteiger partial charge >= 0.3 is 5.97 Å². The van der Waals surface area contributed by atoms with Crippen LogP contribution in [0.2, 0.25) is 0 Å². The Balaban J connectivity index is 2.59. The fourth-order valence-electron chi connectivity index (χ4n) is 1.95. The minimum absolute atomic E-state index is 0.0809. The minimum atomic E-state index is -2.92. The van der Waals surface area contributed by atoms with Gasteiger partial charge in [0.05, 0.1) is 18.1 Å². The zero-order valence-corrected chi connectivity index (χ0v) is 11.4. The van der Waals surface area contributed by atoms with Gasteiger partial charge in [0.2, 0.25) is 0 Å². The molecule has 1 N–H and O–H groups in total. The van der Waals surface area contributed by atoms with E-state index in [-0.39, 0.29) is 29.4 Å². The highest BCUT2D eigenvalue weighted by atomic mass is 32.2. The van der Waals surface area contributed by atoms with Gasteiger partial charge in [-0.15, -0.1) is 0 Å². The van der Waals surface area contributed by atoms with Crippen LogP contribution in [0, 0.1) is 5.92 Å². The fraction of sp³-hybridized carbons (Fsp3) is 0.909. The van der Waals surface area contributed by atoms with E-state index >= 15 is 0 Å². The number of sulfone groups is 1. The van der Waals surface area contributed by atoms with Gasteiger partial charge in [0.25, 0.3) is 0 Å². The number of nitrogens with one attached hydrogen (secondary N) is 1. The third kappa shape index (κ3) is 4.27. The van der Waals surface area contributed by atoms with Gasteiger partial charge in [0.1, 0.15) is 6.04 Å². The molecule has 0 saturated carbocycles. The van der Waals surface area contributed by atoms with E-state index in [2.05, 4.69) is 5.32 Å². The van der Waals surface area contributed by atoms with Crippen molar-refractivity contribution in [3.05, 3.63) is 0 Å². The number of hydrogen-bond donors (Lipinski definition) is 1. The minimum Gasteiger partial charge on any atom is -0.465 e. The predicted molar refractivity (Wildman–Crippen MR) is 65.5 cm³/mol. The molecule has 0 spiro atoms. The van der Waals surface area contributed by atoms with E-state index in [0.29, 0.717) is 13.0 Å². The molecular weight excluding hydrogens is 242 g/mol. The third-order valence-corrected chi connectivity index (χ3v) is 4.62. The van der Waals surface area contributed by atoms with Crippen molar-refractivity contribution in [2.24, 2.45) is 5.92 Å². The summed E-state index contributed by atoms with van der Waals surface area (Å²) in [5, 5.41) is 3.10. The Hall–Kier alpha value is -0.620. The van der Waals surface area contributed by atoms with E-state index < -0.39 is 15.9 Å². The molecule has 0 aromatic heterocycles. The Morgan fingerprint density at radius 3 is 2.53 bits per heavy atom. The van der Waals surface area contributed by atoms with Crippen molar-refractivity contribution in [2.45, 2.75) is 39.3 Å². The highest BCUT2D eigenvalue weighted by molar-refractivity contribution is 7.91. The standard InChI is InChI=1S/C11H21NO4S/c1-4-16-11(13)10(8(2)3)12-9-5-6-17(14,15)7-9/h8-10,12H,4-7H2,1-3H3. The quantitative estimate of drug-likeness (QED) is 0.725. The molecule has 2 atom stereocenters. The monoisotopic (exact) mass is 263 g/mol. The highest BCUT2D eigenvalue weighted by Crippen LogP contribution is 2.14. The summed E-state index contributed by atoms with van der Waals surface area (Å²) in [4.78, 5) is 11.7. The average Bonchev–Trinajstić information content (AvgIpc) is 2.54. The molecule has 1 aliphatic rings. The van der Waals surface area contributed by atoms with Gasteiger partial charge < -0.3 is 10.1 Å². The molecule has 0 bridgehead atoms. The molecule has 2 unspecified atom stereocenters. The number of hydrogen-bond acceptors (Lipinski definition) is 5. The smallest absolute Gasteiger partial charge is 0.323 e. The summed E-state index contributed by atoms with van der Waals surface area (Å²) in [5.74, 6) is 0.109. The molecule has 1 saturated heterocycles. The molecule has 1 rings (SSSR count). The number of rotatable bonds is 5. The van der Waals surface area contributed by atoms with Gasteiger partial charge in [0, 0.05) is 6.04 Å². The summed E-state index contributed by atoms with van der Waals surface area (Å²) < 4.78 is 27.6. The Kier molecular flexibility index (Phi) is 4.94. The van der Waals surface area contributed by atoms with Crippen molar-refractivity contribution < 1.29 is 17.9 Å². The highest BCUT2D eigenvalue weighted by Gasteiger charge is 2.33. The molecule has 1 aliphatic heterocycles. The van der Waals surface area contributed by atoms with Gasteiger partial charge in [-0.3, -0.25) is 4.79 Å². The molecule has 100 valence electrons. The van der Waals surface area contributed by atoms with Gasteiger partial charge in [-0.1, -0.05) is 13.8 Å². The maximum absolute atomic E-state index is 11.7. The van der Waals surface area contributed by atoms with E-state index in [0.717, 1.165) is 0 Å². The van der Waals surface area contributed by atoms with Crippen LogP contribution in [0.15, 0.2) is 0 Å². The second-order valence-corrected chi connectivity index (χ2v) is 6.97. The molecule has 5 nitrogen and oxygen atoms in total. The first-order chi connectivity index (χ1) is 7.85. The van der Waals surface area contributed by atoms with Gasteiger partial charge in [0.15, 0.2) is 9.84 Å². The molecule has 0 amide bonds. The lowest BCUT2D eigenvalue weighted by molar-refractivity contribution is -0.147. The first kappa shape index (κ1) is 14.4. The SMILES string of the molecule is CCOC(=O)C(NC1CCS(=O)(=O)C1)C(C)C. The molecule has 6 heteroatoms. The van der Waals surface area contributed by atoms with E-state index in [4.69, 9.17) is 4.74 Å². The molecule has 1 heterocycles. The summed E-state index contributed by atoms with van der Waals surface area (Å²) in [7, 11) is -2.92. The van der Waals surface area contributed by atoms with Crippen LogP contribution in [0.4, 0.5) is 0 Å². The second-order valence-electron chi connectivity index (χ2n) is 4.74. The summed E-state index contributed by atoms with van der Waals surface area (Å²) in [5.41, 5.74) is 0. The lowest BCUT2D eigenvalue weighted by atomic mass is 10.0. The van der Waals surface area contributed by atoms with Crippen molar-refractivity contribution in [1.82, 2.24) is 5.32 Å². The number of carbonyl (C=O) groups is 1. The van der Waals surface area contributed by atoms with Gasteiger partial charge in [-0.05, 0) is 19.3 Å². The Morgan fingerprint density at radius 1 is 1.47 bits per heavy atom. The molecule has 1 fully saturated rings. The van der Waals surface area contributed by atoms with Crippen molar-refractivity contribution in [1.29, 1.82) is 0 Å². The lowest BCUT2D eigenvalue weighted by Gasteiger charge is -2.23. The van der Waals surface area contributed by atoms with E-state index in [1.54, 1.807) is 6.92 Å². The molecule has 17 heavy (non-hydrogen) atoms. The van der Waals surface area contributed by atoms with Crippen molar-refractivity contribution >= 4 is 15.8 Å². The van der Waals surface area contributed by atoms with Crippen LogP contribution in [0.25, 0.3) is 0 Å². The molecule has 0 aromatic carbocycles. The van der Waals surface area contributed by atoms with E-state index in [1.807, 2.05) is 13.8 Å². The fourth-order valence-corrected chi connectivity index (χ4v) is 3.63. The zero-order chi connectivity index (χ0) is 13.1. The maximum Gasteiger partial charge on any atom is 0.323 e. The van der Waals surface area contributed by atoms with Crippen LogP contribution in [0.3, 0.4) is 0 Å². The maximum atomic E-state index is 11.7. The van der Waals surface area contributed by atoms with Gasteiger partial charge in [-0.25, -0.2) is 8.42 Å². The summed E-state index contributed by atoms with van der Waals surface area (Å²) >= 11 is 0. The molecule has 0 radical (unpaired) electrons. The Morgan fingerprint density at radius 2 is 2.12 bits per heavy atom. The molecule has 0 aromatic rings. The van der Waals surface area contributed by atoms with Crippen molar-refractivity contribution in [3.8, 4) is 0 Å². The Labute approximate surface area is 103 Å². The zero-order valence-electron chi connectivity index (χ0n) is 10.6. The van der Waals surface area contributed by atoms with Crippen molar-refractivity contribution in [3.63, 3.8) is 0 Å². The van der Waals surface area contributed by atoms with E-state index in [1.165, 1.54) is 0 Å². The molecular formula is C11H21NO4S. The molecule has 0 aliphatic carbocycles. The normalized spacial score (nSPS) is 24.8. The number of esters is 1. The topological polar surface area (TPSA) is 72.5 Å². The van der Waals surface area contributed by atoms with Crippen LogP contribution in [-0.4, -0.2) is 44.6 Å². The van der Waals surface area contributed by atoms with Crippen molar-refractivity contribution in [2.75, 3.05) is 18.1 Å². The van der Waals surface area contributed by atoms with Crippen LogP contribution >= 0.6 is 0 Å². The summed E-state index contributed by atoms with van der Waals surface area (Å²) in [6.45, 7) is 5.93.